The highest BCUT2D eigenvalue weighted by Crippen LogP contribution is 2.34. The van der Waals surface area contributed by atoms with Crippen LogP contribution in [-0.2, 0) is 0 Å². The van der Waals surface area contributed by atoms with Gasteiger partial charge in [0.2, 0.25) is 0 Å². The molecule has 1 aromatic heterocycles. The molecule has 1 heterocycles. The second-order valence-corrected chi connectivity index (χ2v) is 7.21. The Morgan fingerprint density at radius 1 is 1.68 bits per heavy atom. The van der Waals surface area contributed by atoms with E-state index in [2.05, 4.69) is 21.2 Å². The summed E-state index contributed by atoms with van der Waals surface area (Å²) >= 11 is 4.66. The molecule has 0 saturated heterocycles. The van der Waals surface area contributed by atoms with Gasteiger partial charge in [0.25, 0.3) is 5.91 Å². The van der Waals surface area contributed by atoms with Gasteiger partial charge in [-0.15, -0.1) is 11.3 Å². The molecule has 19 heavy (non-hydrogen) atoms. The summed E-state index contributed by atoms with van der Waals surface area (Å²) in [5.41, 5.74) is 0. The van der Waals surface area contributed by atoms with Crippen molar-refractivity contribution < 1.29 is 14.6 Å². The first kappa shape index (κ1) is 14.8. The number of aliphatic hydroxyl groups is 1. The molecule has 0 bridgehead atoms. The van der Waals surface area contributed by atoms with Gasteiger partial charge in [0.1, 0.15) is 9.54 Å². The van der Waals surface area contributed by atoms with Gasteiger partial charge >= 0.3 is 0 Å². The van der Waals surface area contributed by atoms with Crippen LogP contribution in [0.2, 0.25) is 0 Å². The number of thiophene rings is 1. The van der Waals surface area contributed by atoms with E-state index < -0.39 is 6.10 Å². The van der Waals surface area contributed by atoms with Gasteiger partial charge in [0, 0.05) is 12.6 Å². The van der Waals surface area contributed by atoms with Gasteiger partial charge in [0.05, 0.1) is 18.1 Å². The number of ether oxygens (including phenoxy) is 1. The van der Waals surface area contributed by atoms with Crippen LogP contribution in [-0.4, -0.2) is 30.8 Å². The smallest absolute Gasteiger partial charge is 0.261 e. The Morgan fingerprint density at radius 2 is 2.42 bits per heavy atom. The quantitative estimate of drug-likeness (QED) is 0.797. The van der Waals surface area contributed by atoms with Crippen molar-refractivity contribution in [3.05, 3.63) is 14.7 Å². The van der Waals surface area contributed by atoms with Gasteiger partial charge in [-0.25, -0.2) is 0 Å². The molecule has 1 aromatic rings. The topological polar surface area (TPSA) is 58.6 Å². The maximum absolute atomic E-state index is 11.9. The summed E-state index contributed by atoms with van der Waals surface area (Å²) in [6.07, 6.45) is 3.97. The number of rotatable bonds is 7. The molecule has 0 aromatic carbocycles. The largest absolute Gasteiger partial charge is 0.495 e. The van der Waals surface area contributed by atoms with E-state index in [1.54, 1.807) is 13.2 Å². The Bertz CT molecular complexity index is 445. The molecule has 0 spiro atoms. The summed E-state index contributed by atoms with van der Waals surface area (Å²) in [6, 6.07) is 1.70. The number of carbonyl (C=O) groups is 1. The van der Waals surface area contributed by atoms with Crippen LogP contribution >= 0.6 is 27.3 Å². The zero-order valence-corrected chi connectivity index (χ0v) is 13.2. The number of carbonyl (C=O) groups excluding carboxylic acids is 1. The molecule has 1 amide bonds. The van der Waals surface area contributed by atoms with E-state index >= 15 is 0 Å². The van der Waals surface area contributed by atoms with Gasteiger partial charge in [-0.05, 0) is 34.7 Å². The highest BCUT2D eigenvalue weighted by atomic mass is 79.9. The van der Waals surface area contributed by atoms with Crippen LogP contribution in [0.4, 0.5) is 0 Å². The fourth-order valence-electron chi connectivity index (χ4n) is 1.84. The molecule has 2 rings (SSSR count). The first-order valence-electron chi connectivity index (χ1n) is 6.39. The standard InChI is InChI=1S/C13H18BrNO3S/c1-18-10-6-11(19-12(10)14)13(17)15-7-9(16)5-4-8-2-3-8/h6,8-9,16H,2-5,7H2,1H3,(H,15,17). The van der Waals surface area contributed by atoms with Gasteiger partial charge in [-0.1, -0.05) is 12.8 Å². The van der Waals surface area contributed by atoms with Crippen molar-refractivity contribution in [3.8, 4) is 5.75 Å². The molecule has 1 fully saturated rings. The Balaban J connectivity index is 1.75. The van der Waals surface area contributed by atoms with Gasteiger partial charge < -0.3 is 15.2 Å². The third kappa shape index (κ3) is 4.47. The molecule has 2 N–H and O–H groups in total. The Kier molecular flexibility index (Phi) is 5.24. The number of hydrogen-bond donors (Lipinski definition) is 2. The fraction of sp³-hybridized carbons (Fsp3) is 0.615. The summed E-state index contributed by atoms with van der Waals surface area (Å²) < 4.78 is 5.91. The van der Waals surface area contributed by atoms with Gasteiger partial charge in [-0.2, -0.15) is 0 Å². The highest BCUT2D eigenvalue weighted by molar-refractivity contribution is 9.11. The predicted octanol–water partition coefficient (Wildman–Crippen LogP) is 2.80. The summed E-state index contributed by atoms with van der Waals surface area (Å²) in [5, 5.41) is 12.5. The van der Waals surface area contributed by atoms with E-state index in [0.717, 1.165) is 22.5 Å². The number of amides is 1. The summed E-state index contributed by atoms with van der Waals surface area (Å²) in [7, 11) is 1.57. The molecule has 6 heteroatoms. The molecule has 1 aliphatic carbocycles. The van der Waals surface area contributed by atoms with Crippen molar-refractivity contribution >= 4 is 33.2 Å². The minimum absolute atomic E-state index is 0.167. The molecule has 1 unspecified atom stereocenters. The van der Waals surface area contributed by atoms with Gasteiger partial charge in [-0.3, -0.25) is 4.79 Å². The SMILES string of the molecule is COc1cc(C(=O)NCC(O)CCC2CC2)sc1Br. The molecule has 0 radical (unpaired) electrons. The number of halogens is 1. The van der Waals surface area contributed by atoms with Crippen LogP contribution in [0.5, 0.6) is 5.75 Å². The van der Waals surface area contributed by atoms with Crippen LogP contribution in [0.1, 0.15) is 35.4 Å². The molecular formula is C13H18BrNO3S. The minimum Gasteiger partial charge on any atom is -0.495 e. The summed E-state index contributed by atoms with van der Waals surface area (Å²) in [6.45, 7) is 0.309. The maximum Gasteiger partial charge on any atom is 0.261 e. The Morgan fingerprint density at radius 3 is 3.00 bits per heavy atom. The van der Waals surface area contributed by atoms with E-state index in [1.807, 2.05) is 0 Å². The minimum atomic E-state index is -0.449. The van der Waals surface area contributed by atoms with Crippen molar-refractivity contribution in [3.63, 3.8) is 0 Å². The summed E-state index contributed by atoms with van der Waals surface area (Å²) in [4.78, 5) is 12.5. The number of aliphatic hydroxyl groups excluding tert-OH is 1. The third-order valence-corrected chi connectivity index (χ3v) is 4.98. The van der Waals surface area contributed by atoms with E-state index in [9.17, 15) is 9.90 Å². The second-order valence-electron chi connectivity index (χ2n) is 4.84. The number of methoxy groups -OCH3 is 1. The monoisotopic (exact) mass is 347 g/mol. The van der Waals surface area contributed by atoms with E-state index in [-0.39, 0.29) is 5.91 Å². The van der Waals surface area contributed by atoms with Crippen molar-refractivity contribution in [2.24, 2.45) is 5.92 Å². The maximum atomic E-state index is 11.9. The average molecular weight is 348 g/mol. The van der Waals surface area contributed by atoms with Crippen LogP contribution < -0.4 is 10.1 Å². The molecule has 4 nitrogen and oxygen atoms in total. The highest BCUT2D eigenvalue weighted by Gasteiger charge is 2.22. The first-order chi connectivity index (χ1) is 9.10. The fourth-order valence-corrected chi connectivity index (χ4v) is 3.40. The zero-order chi connectivity index (χ0) is 13.8. The van der Waals surface area contributed by atoms with Crippen molar-refractivity contribution in [1.82, 2.24) is 5.32 Å². The average Bonchev–Trinajstić information content (AvgIpc) is 3.15. The van der Waals surface area contributed by atoms with Crippen LogP contribution in [0.15, 0.2) is 9.85 Å². The molecule has 1 atom stereocenters. The van der Waals surface area contributed by atoms with Crippen molar-refractivity contribution in [2.45, 2.75) is 31.8 Å². The predicted molar refractivity (Wildman–Crippen MR) is 78.9 cm³/mol. The van der Waals surface area contributed by atoms with Crippen LogP contribution in [0, 0.1) is 5.92 Å². The first-order valence-corrected chi connectivity index (χ1v) is 8.00. The Hall–Kier alpha value is -0.590. The molecule has 1 saturated carbocycles. The number of nitrogens with one attached hydrogen (secondary N) is 1. The van der Waals surface area contributed by atoms with E-state index in [4.69, 9.17) is 4.74 Å². The third-order valence-electron chi connectivity index (χ3n) is 3.20. The lowest BCUT2D eigenvalue weighted by atomic mass is 10.1. The van der Waals surface area contributed by atoms with E-state index in [0.29, 0.717) is 17.2 Å². The molecule has 0 aliphatic heterocycles. The van der Waals surface area contributed by atoms with Crippen molar-refractivity contribution in [2.75, 3.05) is 13.7 Å². The normalized spacial score (nSPS) is 16.2. The lowest BCUT2D eigenvalue weighted by Gasteiger charge is -2.10. The second kappa shape index (κ2) is 6.72. The van der Waals surface area contributed by atoms with Crippen molar-refractivity contribution in [1.29, 1.82) is 0 Å². The van der Waals surface area contributed by atoms with Crippen LogP contribution in [0.25, 0.3) is 0 Å². The Labute approximate surface area is 125 Å². The van der Waals surface area contributed by atoms with Gasteiger partial charge in [0.15, 0.2) is 0 Å². The molecule has 1 aliphatic rings. The molecule has 106 valence electrons. The lowest BCUT2D eigenvalue weighted by Crippen LogP contribution is -2.31. The zero-order valence-electron chi connectivity index (χ0n) is 10.8. The summed E-state index contributed by atoms with van der Waals surface area (Å²) in [5.74, 6) is 1.30. The number of hydrogen-bond acceptors (Lipinski definition) is 4. The van der Waals surface area contributed by atoms with E-state index in [1.165, 1.54) is 24.2 Å². The molecular weight excluding hydrogens is 330 g/mol. The van der Waals surface area contributed by atoms with Crippen LogP contribution in [0.3, 0.4) is 0 Å². The lowest BCUT2D eigenvalue weighted by molar-refractivity contribution is 0.0912.